The molecule has 1 atom stereocenters. The van der Waals surface area contributed by atoms with Crippen LogP contribution in [-0.2, 0) is 11.0 Å². The van der Waals surface area contributed by atoms with Gasteiger partial charge in [0.15, 0.2) is 0 Å². The van der Waals surface area contributed by atoms with Crippen LogP contribution < -0.4 is 14.8 Å². The second-order valence-electron chi connectivity index (χ2n) is 8.75. The molecule has 2 aliphatic rings. The lowest BCUT2D eigenvalue weighted by molar-refractivity contribution is -0.137. The highest BCUT2D eigenvalue weighted by molar-refractivity contribution is 8.00. The van der Waals surface area contributed by atoms with Gasteiger partial charge in [-0.1, -0.05) is 0 Å². The summed E-state index contributed by atoms with van der Waals surface area (Å²) < 4.78 is 49.1. The van der Waals surface area contributed by atoms with Crippen LogP contribution in [0.1, 0.15) is 29.3 Å². The van der Waals surface area contributed by atoms with Crippen molar-refractivity contribution >= 4 is 29.4 Å². The minimum Gasteiger partial charge on any atom is -0.497 e. The fourth-order valence-electron chi connectivity index (χ4n) is 4.48. The third-order valence-corrected chi connectivity index (χ3v) is 7.73. The number of piperidine rings is 1. The summed E-state index contributed by atoms with van der Waals surface area (Å²) in [6.45, 7) is 1.57. The molecule has 7 nitrogen and oxygen atoms in total. The van der Waals surface area contributed by atoms with E-state index in [1.54, 1.807) is 30.9 Å². The second-order valence-corrected chi connectivity index (χ2v) is 9.82. The van der Waals surface area contributed by atoms with Crippen LogP contribution in [0.15, 0.2) is 42.5 Å². The van der Waals surface area contributed by atoms with Gasteiger partial charge in [0.05, 0.1) is 25.5 Å². The Labute approximate surface area is 211 Å². The smallest absolute Gasteiger partial charge is 0.416 e. The number of likely N-dealkylation sites (tertiary alicyclic amines) is 1. The summed E-state index contributed by atoms with van der Waals surface area (Å²) in [7, 11) is 3.19. The maximum atomic E-state index is 12.7. The molecule has 11 heteroatoms. The van der Waals surface area contributed by atoms with Crippen LogP contribution in [-0.4, -0.2) is 61.3 Å². The Balaban J connectivity index is 1.34. The Morgan fingerprint density at radius 1 is 1.08 bits per heavy atom. The highest BCUT2D eigenvalue weighted by Gasteiger charge is 2.37. The van der Waals surface area contributed by atoms with E-state index < -0.39 is 11.7 Å². The van der Waals surface area contributed by atoms with Crippen LogP contribution in [0, 0.1) is 5.92 Å². The first-order valence-electron chi connectivity index (χ1n) is 11.6. The van der Waals surface area contributed by atoms with Gasteiger partial charge in [-0.3, -0.25) is 4.79 Å². The largest absolute Gasteiger partial charge is 0.497 e. The molecule has 2 heterocycles. The van der Waals surface area contributed by atoms with E-state index in [0.29, 0.717) is 42.6 Å². The Hall–Kier alpha value is -3.08. The number of ether oxygens (including phenoxy) is 2. The van der Waals surface area contributed by atoms with Gasteiger partial charge in [0.2, 0.25) is 5.91 Å². The summed E-state index contributed by atoms with van der Waals surface area (Å²) in [5.74, 6) is 2.07. The van der Waals surface area contributed by atoms with Gasteiger partial charge in [0, 0.05) is 30.9 Å². The molecule has 2 aromatic carbocycles. The first-order valence-corrected chi connectivity index (χ1v) is 12.6. The maximum absolute atomic E-state index is 12.7. The summed E-state index contributed by atoms with van der Waals surface area (Å²) in [5, 5.41) is 2.49. The van der Waals surface area contributed by atoms with E-state index in [2.05, 4.69) is 5.32 Å². The molecule has 0 aliphatic carbocycles. The predicted octanol–water partition coefficient (Wildman–Crippen LogP) is 5.24. The topological polar surface area (TPSA) is 71.1 Å². The minimum atomic E-state index is -4.42. The molecule has 194 valence electrons. The molecule has 1 N–H and O–H groups in total. The first-order chi connectivity index (χ1) is 17.2. The van der Waals surface area contributed by atoms with Gasteiger partial charge in [-0.15, -0.1) is 11.8 Å². The molecule has 2 saturated heterocycles. The first kappa shape index (κ1) is 26.0. The monoisotopic (exact) mass is 523 g/mol. The van der Waals surface area contributed by atoms with Crippen LogP contribution in [0.25, 0.3) is 0 Å². The lowest BCUT2D eigenvalue weighted by Crippen LogP contribution is -2.44. The van der Waals surface area contributed by atoms with E-state index in [4.69, 9.17) is 9.47 Å². The summed E-state index contributed by atoms with van der Waals surface area (Å²) in [6, 6.07) is 9.59. The molecule has 36 heavy (non-hydrogen) atoms. The Morgan fingerprint density at radius 2 is 1.78 bits per heavy atom. The van der Waals surface area contributed by atoms with Gasteiger partial charge in [-0.05, 0) is 61.2 Å². The van der Waals surface area contributed by atoms with Crippen molar-refractivity contribution < 1.29 is 32.2 Å². The molecule has 2 aliphatic heterocycles. The highest BCUT2D eigenvalue weighted by Crippen LogP contribution is 2.44. The fraction of sp³-hybridized carbons (Fsp3) is 0.440. The molecule has 0 aromatic heterocycles. The number of alkyl halides is 3. The number of halogens is 3. The molecule has 2 fully saturated rings. The van der Waals surface area contributed by atoms with Crippen LogP contribution in [0.5, 0.6) is 11.5 Å². The second kappa shape index (κ2) is 10.9. The van der Waals surface area contributed by atoms with Crippen molar-refractivity contribution in [2.75, 3.05) is 44.9 Å². The zero-order chi connectivity index (χ0) is 25.9. The van der Waals surface area contributed by atoms with E-state index in [0.717, 1.165) is 30.5 Å². The maximum Gasteiger partial charge on any atom is 0.416 e. The zero-order valence-corrected chi connectivity index (χ0v) is 20.8. The van der Waals surface area contributed by atoms with E-state index in [-0.39, 0.29) is 23.2 Å². The minimum absolute atomic E-state index is 0.0670. The van der Waals surface area contributed by atoms with E-state index >= 15 is 0 Å². The summed E-state index contributed by atoms with van der Waals surface area (Å²) in [5.41, 5.74) is 0.437. The van der Waals surface area contributed by atoms with Crippen molar-refractivity contribution in [1.82, 2.24) is 9.80 Å². The SMILES string of the molecule is COc1ccc(OC)c([C@@H]2SCC(=O)N2CC2CCN(C(=O)Nc3ccc(C(F)(F)F)cc3)CC2)c1. The van der Waals surface area contributed by atoms with E-state index in [9.17, 15) is 22.8 Å². The number of rotatable bonds is 6. The summed E-state index contributed by atoms with van der Waals surface area (Å²) >= 11 is 1.55. The van der Waals surface area contributed by atoms with Gasteiger partial charge >= 0.3 is 12.2 Å². The molecule has 4 rings (SSSR count). The molecule has 0 spiro atoms. The highest BCUT2D eigenvalue weighted by atomic mass is 32.2. The Kier molecular flexibility index (Phi) is 7.87. The van der Waals surface area contributed by atoms with E-state index in [1.165, 1.54) is 12.1 Å². The fourth-order valence-corrected chi connectivity index (χ4v) is 5.70. The van der Waals surface area contributed by atoms with Crippen LogP contribution >= 0.6 is 11.8 Å². The number of nitrogens with one attached hydrogen (secondary N) is 1. The lowest BCUT2D eigenvalue weighted by Gasteiger charge is -2.35. The molecule has 0 saturated carbocycles. The summed E-state index contributed by atoms with van der Waals surface area (Å²) in [6.07, 6.45) is -2.98. The van der Waals surface area contributed by atoms with Crippen LogP contribution in [0.2, 0.25) is 0 Å². The summed E-state index contributed by atoms with van der Waals surface area (Å²) in [4.78, 5) is 28.9. The van der Waals surface area contributed by atoms with Gasteiger partial charge < -0.3 is 24.6 Å². The number of nitrogens with zero attached hydrogens (tertiary/aromatic N) is 2. The Morgan fingerprint density at radius 3 is 2.39 bits per heavy atom. The Bertz CT molecular complexity index is 1090. The van der Waals surface area contributed by atoms with E-state index in [1.807, 2.05) is 23.1 Å². The average Bonchev–Trinajstić information content (AvgIpc) is 3.23. The van der Waals surface area contributed by atoms with Gasteiger partial charge in [0.1, 0.15) is 16.9 Å². The molecular weight excluding hydrogens is 495 g/mol. The van der Waals surface area contributed by atoms with Gasteiger partial charge in [-0.25, -0.2) is 4.79 Å². The standard InChI is InChI=1S/C25H28F3N3O4S/c1-34-19-7-8-21(35-2)20(13-19)23-31(22(32)15-36-23)14-16-9-11-30(12-10-16)24(33)29-18-5-3-17(4-6-18)25(26,27)28/h3-8,13,16,23H,9-12,14-15H2,1-2H3,(H,29,33)/t23-/m0/s1. The van der Waals surface area contributed by atoms with Crippen molar-refractivity contribution in [3.8, 4) is 11.5 Å². The number of urea groups is 1. The third-order valence-electron chi connectivity index (χ3n) is 6.49. The number of hydrogen-bond donors (Lipinski definition) is 1. The van der Waals surface area contributed by atoms with Crippen molar-refractivity contribution in [3.63, 3.8) is 0 Å². The molecule has 0 radical (unpaired) electrons. The molecular formula is C25H28F3N3O4S. The van der Waals surface area contributed by atoms with Gasteiger partial charge in [0.25, 0.3) is 0 Å². The van der Waals surface area contributed by atoms with Crippen LogP contribution in [0.4, 0.5) is 23.7 Å². The lowest BCUT2D eigenvalue weighted by atomic mass is 9.96. The van der Waals surface area contributed by atoms with Crippen molar-refractivity contribution in [2.24, 2.45) is 5.92 Å². The average molecular weight is 524 g/mol. The molecule has 2 aromatic rings. The van der Waals surface area contributed by atoms with Crippen molar-refractivity contribution in [2.45, 2.75) is 24.4 Å². The number of benzene rings is 2. The number of methoxy groups -OCH3 is 2. The number of anilines is 1. The predicted molar refractivity (Wildman–Crippen MR) is 131 cm³/mol. The van der Waals surface area contributed by atoms with Crippen molar-refractivity contribution in [3.05, 3.63) is 53.6 Å². The number of hydrogen-bond acceptors (Lipinski definition) is 5. The number of thioether (sulfide) groups is 1. The quantitative estimate of drug-likeness (QED) is 0.561. The molecule has 0 unspecified atom stereocenters. The number of carbonyl (C=O) groups excluding carboxylic acids is 2. The number of carbonyl (C=O) groups is 2. The zero-order valence-electron chi connectivity index (χ0n) is 20.0. The number of amides is 3. The van der Waals surface area contributed by atoms with Crippen molar-refractivity contribution in [1.29, 1.82) is 0 Å². The third kappa shape index (κ3) is 5.83. The molecule has 3 amide bonds. The normalized spacial score (nSPS) is 18.9. The van der Waals surface area contributed by atoms with Gasteiger partial charge in [-0.2, -0.15) is 13.2 Å². The molecule has 0 bridgehead atoms. The van der Waals surface area contributed by atoms with Crippen LogP contribution in [0.3, 0.4) is 0 Å².